The van der Waals surface area contributed by atoms with E-state index in [1.54, 1.807) is 6.07 Å². The van der Waals surface area contributed by atoms with Gasteiger partial charge < -0.3 is 10.1 Å². The molecule has 0 heterocycles. The number of para-hydroxylation sites is 1. The third-order valence-electron chi connectivity index (χ3n) is 3.27. The van der Waals surface area contributed by atoms with E-state index in [9.17, 15) is 4.39 Å². The summed E-state index contributed by atoms with van der Waals surface area (Å²) in [5.74, 6) is 1.03. The number of benzene rings is 2. The number of rotatable bonds is 5. The number of halogens is 1. The molecule has 0 bridgehead atoms. The van der Waals surface area contributed by atoms with Crippen LogP contribution >= 0.6 is 0 Å². The second-order valence-electron chi connectivity index (χ2n) is 4.83. The van der Waals surface area contributed by atoms with E-state index < -0.39 is 0 Å². The number of aryl methyl sites for hydroxylation is 1. The van der Waals surface area contributed by atoms with Crippen LogP contribution in [-0.2, 0) is 0 Å². The Hall–Kier alpha value is -1.87. The zero-order chi connectivity index (χ0) is 14.5. The van der Waals surface area contributed by atoms with Crippen molar-refractivity contribution in [1.29, 1.82) is 0 Å². The lowest BCUT2D eigenvalue weighted by molar-refractivity contribution is 0.455. The molecule has 0 fully saturated rings. The van der Waals surface area contributed by atoms with Crippen molar-refractivity contribution in [2.24, 2.45) is 0 Å². The molecule has 1 unspecified atom stereocenters. The van der Waals surface area contributed by atoms with Gasteiger partial charge in [0.25, 0.3) is 0 Å². The maximum absolute atomic E-state index is 13.3. The number of hydrogen-bond acceptors (Lipinski definition) is 2. The molecule has 0 saturated carbocycles. The fraction of sp³-hybridized carbons (Fsp3) is 0.294. The maximum Gasteiger partial charge on any atom is 0.133 e. The van der Waals surface area contributed by atoms with Crippen LogP contribution in [0.5, 0.6) is 11.5 Å². The van der Waals surface area contributed by atoms with Crippen LogP contribution in [-0.4, -0.2) is 6.54 Å². The van der Waals surface area contributed by atoms with Crippen molar-refractivity contribution < 1.29 is 9.13 Å². The minimum absolute atomic E-state index is 0.185. The standard InChI is InChI=1S/C17H20FNO/c1-4-19-13(3)15-7-5-6-8-16(15)20-17-11-14(18)10-9-12(17)2/h5-11,13,19H,4H2,1-3H3. The lowest BCUT2D eigenvalue weighted by Crippen LogP contribution is -2.18. The lowest BCUT2D eigenvalue weighted by Gasteiger charge is -2.18. The van der Waals surface area contributed by atoms with Crippen LogP contribution in [0.15, 0.2) is 42.5 Å². The normalized spacial score (nSPS) is 12.2. The third kappa shape index (κ3) is 3.36. The highest BCUT2D eigenvalue weighted by Crippen LogP contribution is 2.31. The van der Waals surface area contributed by atoms with E-state index in [0.717, 1.165) is 23.4 Å². The second-order valence-corrected chi connectivity index (χ2v) is 4.83. The first-order valence-corrected chi connectivity index (χ1v) is 6.88. The molecule has 0 aliphatic carbocycles. The van der Waals surface area contributed by atoms with E-state index in [1.165, 1.54) is 12.1 Å². The predicted molar refractivity (Wildman–Crippen MR) is 79.7 cm³/mol. The Labute approximate surface area is 119 Å². The fourth-order valence-electron chi connectivity index (χ4n) is 2.15. The Balaban J connectivity index is 2.31. The van der Waals surface area contributed by atoms with E-state index in [-0.39, 0.29) is 11.9 Å². The maximum atomic E-state index is 13.3. The smallest absolute Gasteiger partial charge is 0.133 e. The number of ether oxygens (including phenoxy) is 1. The monoisotopic (exact) mass is 273 g/mol. The summed E-state index contributed by atoms with van der Waals surface area (Å²) in [7, 11) is 0. The Morgan fingerprint density at radius 3 is 2.65 bits per heavy atom. The molecule has 0 aliphatic rings. The van der Waals surface area contributed by atoms with Crippen LogP contribution in [0.3, 0.4) is 0 Å². The number of nitrogens with one attached hydrogen (secondary N) is 1. The zero-order valence-electron chi connectivity index (χ0n) is 12.1. The molecule has 106 valence electrons. The molecule has 0 amide bonds. The van der Waals surface area contributed by atoms with E-state index in [1.807, 2.05) is 31.2 Å². The first-order chi connectivity index (χ1) is 9.61. The van der Waals surface area contributed by atoms with Crippen LogP contribution in [0.25, 0.3) is 0 Å². The molecule has 0 saturated heterocycles. The van der Waals surface area contributed by atoms with Crippen molar-refractivity contribution >= 4 is 0 Å². The topological polar surface area (TPSA) is 21.3 Å². The molecule has 2 aromatic carbocycles. The molecule has 1 atom stereocenters. The average Bonchev–Trinajstić information content (AvgIpc) is 2.44. The summed E-state index contributed by atoms with van der Waals surface area (Å²) in [5.41, 5.74) is 1.98. The Morgan fingerprint density at radius 1 is 1.15 bits per heavy atom. The second kappa shape index (κ2) is 6.53. The van der Waals surface area contributed by atoms with Crippen molar-refractivity contribution in [2.75, 3.05) is 6.54 Å². The van der Waals surface area contributed by atoms with E-state index >= 15 is 0 Å². The first-order valence-electron chi connectivity index (χ1n) is 6.88. The Bertz CT molecular complexity index is 583. The van der Waals surface area contributed by atoms with E-state index in [0.29, 0.717) is 5.75 Å². The van der Waals surface area contributed by atoms with Crippen LogP contribution in [0, 0.1) is 12.7 Å². The number of hydrogen-bond donors (Lipinski definition) is 1. The van der Waals surface area contributed by atoms with Gasteiger partial charge >= 0.3 is 0 Å². The molecule has 2 nitrogen and oxygen atoms in total. The predicted octanol–water partition coefficient (Wildman–Crippen LogP) is 4.60. The van der Waals surface area contributed by atoms with Gasteiger partial charge in [-0.1, -0.05) is 31.2 Å². The van der Waals surface area contributed by atoms with Crippen molar-refractivity contribution in [3.05, 3.63) is 59.4 Å². The molecule has 3 heteroatoms. The van der Waals surface area contributed by atoms with Gasteiger partial charge in [-0.05, 0) is 38.1 Å². The van der Waals surface area contributed by atoms with Gasteiger partial charge in [0.1, 0.15) is 17.3 Å². The molecule has 0 aromatic heterocycles. The van der Waals surface area contributed by atoms with Crippen molar-refractivity contribution in [2.45, 2.75) is 26.8 Å². The Kier molecular flexibility index (Phi) is 4.74. The molecule has 2 aromatic rings. The highest BCUT2D eigenvalue weighted by atomic mass is 19.1. The summed E-state index contributed by atoms with van der Waals surface area (Å²) in [6.07, 6.45) is 0. The fourth-order valence-corrected chi connectivity index (χ4v) is 2.15. The van der Waals surface area contributed by atoms with Gasteiger partial charge in [0.2, 0.25) is 0 Å². The summed E-state index contributed by atoms with van der Waals surface area (Å²) < 4.78 is 19.2. The van der Waals surface area contributed by atoms with Gasteiger partial charge in [0, 0.05) is 17.7 Å². The van der Waals surface area contributed by atoms with Gasteiger partial charge in [0.15, 0.2) is 0 Å². The van der Waals surface area contributed by atoms with Gasteiger partial charge in [-0.2, -0.15) is 0 Å². The third-order valence-corrected chi connectivity index (χ3v) is 3.27. The van der Waals surface area contributed by atoms with Crippen LogP contribution in [0.4, 0.5) is 4.39 Å². The van der Waals surface area contributed by atoms with Crippen molar-refractivity contribution in [3.8, 4) is 11.5 Å². The highest BCUT2D eigenvalue weighted by molar-refractivity contribution is 5.42. The summed E-state index contributed by atoms with van der Waals surface area (Å²) in [5, 5.41) is 3.36. The first kappa shape index (κ1) is 14.5. The minimum atomic E-state index is -0.289. The van der Waals surface area contributed by atoms with Gasteiger partial charge in [0.05, 0.1) is 0 Å². The van der Waals surface area contributed by atoms with E-state index in [2.05, 4.69) is 19.2 Å². The molecule has 0 aliphatic heterocycles. The quantitative estimate of drug-likeness (QED) is 0.859. The SMILES string of the molecule is CCNC(C)c1ccccc1Oc1cc(F)ccc1C. The van der Waals surface area contributed by atoms with Gasteiger partial charge in [-0.15, -0.1) is 0 Å². The largest absolute Gasteiger partial charge is 0.457 e. The summed E-state index contributed by atoms with van der Waals surface area (Å²) in [4.78, 5) is 0. The van der Waals surface area contributed by atoms with Gasteiger partial charge in [-0.3, -0.25) is 0 Å². The summed E-state index contributed by atoms with van der Waals surface area (Å²) >= 11 is 0. The molecular formula is C17H20FNO. The van der Waals surface area contributed by atoms with Crippen molar-refractivity contribution in [1.82, 2.24) is 5.32 Å². The molecule has 0 radical (unpaired) electrons. The van der Waals surface area contributed by atoms with Crippen LogP contribution < -0.4 is 10.1 Å². The van der Waals surface area contributed by atoms with Crippen molar-refractivity contribution in [3.63, 3.8) is 0 Å². The molecule has 2 rings (SSSR count). The lowest BCUT2D eigenvalue weighted by atomic mass is 10.1. The molecule has 20 heavy (non-hydrogen) atoms. The summed E-state index contributed by atoms with van der Waals surface area (Å²) in [6, 6.07) is 12.6. The van der Waals surface area contributed by atoms with Gasteiger partial charge in [-0.25, -0.2) is 4.39 Å². The molecule has 0 spiro atoms. The Morgan fingerprint density at radius 2 is 1.90 bits per heavy atom. The molecular weight excluding hydrogens is 253 g/mol. The van der Waals surface area contributed by atoms with Crippen LogP contribution in [0.2, 0.25) is 0 Å². The average molecular weight is 273 g/mol. The minimum Gasteiger partial charge on any atom is -0.457 e. The summed E-state index contributed by atoms with van der Waals surface area (Å²) in [6.45, 7) is 6.94. The molecule has 1 N–H and O–H groups in total. The highest BCUT2D eigenvalue weighted by Gasteiger charge is 2.12. The van der Waals surface area contributed by atoms with Crippen LogP contribution in [0.1, 0.15) is 31.0 Å². The zero-order valence-corrected chi connectivity index (χ0v) is 12.1. The van der Waals surface area contributed by atoms with E-state index in [4.69, 9.17) is 4.74 Å².